The van der Waals surface area contributed by atoms with Crippen molar-refractivity contribution in [2.45, 2.75) is 37.7 Å². The average molecular weight is 530 g/mol. The van der Waals surface area contributed by atoms with Crippen LogP contribution >= 0.6 is 0 Å². The summed E-state index contributed by atoms with van der Waals surface area (Å²) in [5.74, 6) is -1.27. The molecule has 2 atom stereocenters. The molecule has 0 radical (unpaired) electrons. The Morgan fingerprint density at radius 2 is 1.81 bits per heavy atom. The van der Waals surface area contributed by atoms with E-state index in [9.17, 15) is 31.2 Å². The van der Waals surface area contributed by atoms with Crippen LogP contribution in [0, 0.1) is 17.2 Å². The largest absolute Gasteiger partial charge is 0.416 e. The zero-order valence-electron chi connectivity index (χ0n) is 19.3. The summed E-state index contributed by atoms with van der Waals surface area (Å²) in [5, 5.41) is 11.6. The number of hydrogen-bond donors (Lipinski definition) is 1. The fourth-order valence-electron chi connectivity index (χ4n) is 4.46. The van der Waals surface area contributed by atoms with E-state index in [1.807, 2.05) is 6.07 Å². The van der Waals surface area contributed by atoms with Gasteiger partial charge >= 0.3 is 6.18 Å². The summed E-state index contributed by atoms with van der Waals surface area (Å²) in [5.41, 5.74) is -0.305. The van der Waals surface area contributed by atoms with Crippen LogP contribution in [0.15, 0.2) is 24.3 Å². The summed E-state index contributed by atoms with van der Waals surface area (Å²) >= 11 is 0. The second-order valence-electron chi connectivity index (χ2n) is 8.97. The van der Waals surface area contributed by atoms with Gasteiger partial charge in [0.2, 0.25) is 5.91 Å². The number of nitrogens with one attached hydrogen (secondary N) is 1. The highest BCUT2D eigenvalue weighted by Gasteiger charge is 2.44. The van der Waals surface area contributed by atoms with Gasteiger partial charge < -0.3 is 15.0 Å². The van der Waals surface area contributed by atoms with Crippen molar-refractivity contribution in [3.05, 3.63) is 35.4 Å². The summed E-state index contributed by atoms with van der Waals surface area (Å²) in [7, 11) is -3.82. The van der Waals surface area contributed by atoms with E-state index in [0.29, 0.717) is 24.9 Å². The van der Waals surface area contributed by atoms with Crippen LogP contribution in [0.1, 0.15) is 24.0 Å². The molecule has 3 saturated heterocycles. The lowest BCUT2D eigenvalue weighted by atomic mass is 10.1. The second kappa shape index (κ2) is 10.3. The van der Waals surface area contributed by atoms with E-state index in [-0.39, 0.29) is 45.2 Å². The van der Waals surface area contributed by atoms with Crippen LogP contribution in [0.4, 0.5) is 13.2 Å². The van der Waals surface area contributed by atoms with Crippen molar-refractivity contribution in [1.29, 1.82) is 5.26 Å². The molecule has 0 aromatic heterocycles. The Bertz CT molecular complexity index is 1130. The second-order valence-corrected chi connectivity index (χ2v) is 10.9. The number of ether oxygens (including phenoxy) is 1. The van der Waals surface area contributed by atoms with Crippen molar-refractivity contribution >= 4 is 22.0 Å². The van der Waals surface area contributed by atoms with Crippen molar-refractivity contribution in [2.75, 3.05) is 39.3 Å². The molecule has 3 aliphatic rings. The van der Waals surface area contributed by atoms with Gasteiger partial charge in [-0.3, -0.25) is 9.59 Å². The number of likely N-dealkylation sites (tertiary alicyclic amines) is 1. The minimum absolute atomic E-state index is 0.000969. The normalized spacial score (nSPS) is 24.2. The first-order valence-corrected chi connectivity index (χ1v) is 12.9. The molecule has 2 amide bonds. The first-order valence-electron chi connectivity index (χ1n) is 11.5. The third-order valence-corrected chi connectivity index (χ3v) is 8.51. The van der Waals surface area contributed by atoms with E-state index >= 15 is 0 Å². The molecule has 0 aliphatic carbocycles. The Morgan fingerprint density at radius 1 is 1.11 bits per heavy atom. The zero-order valence-corrected chi connectivity index (χ0v) is 20.1. The molecule has 196 valence electrons. The molecule has 0 unspecified atom stereocenters. The Labute approximate surface area is 206 Å². The van der Waals surface area contributed by atoms with Gasteiger partial charge in [0.1, 0.15) is 12.1 Å². The van der Waals surface area contributed by atoms with Gasteiger partial charge in [-0.25, -0.2) is 0 Å². The fourth-order valence-corrected chi connectivity index (χ4v) is 6.16. The highest BCUT2D eigenvalue weighted by Crippen LogP contribution is 2.29. The Hall–Kier alpha value is -2.73. The van der Waals surface area contributed by atoms with Gasteiger partial charge in [-0.1, -0.05) is 12.1 Å². The molecular weight excluding hydrogens is 503 g/mol. The maximum absolute atomic E-state index is 13.2. The van der Waals surface area contributed by atoms with E-state index in [1.54, 1.807) is 0 Å². The minimum atomic E-state index is -4.45. The number of carbonyl (C=O) groups is 2. The maximum Gasteiger partial charge on any atom is 0.416 e. The molecule has 36 heavy (non-hydrogen) atoms. The number of rotatable bonds is 6. The number of benzene rings is 1. The molecule has 3 heterocycles. The number of halogens is 3. The van der Waals surface area contributed by atoms with Crippen LogP contribution in [-0.2, 0) is 37.3 Å². The number of carbonyl (C=O) groups excluding carboxylic acids is 2. The van der Waals surface area contributed by atoms with Crippen LogP contribution < -0.4 is 5.32 Å². The predicted molar refractivity (Wildman–Crippen MR) is 119 cm³/mol. The highest BCUT2D eigenvalue weighted by atomic mass is 32.2. The number of amides is 2. The molecule has 1 aromatic rings. The molecule has 3 fully saturated rings. The van der Waals surface area contributed by atoms with Crippen LogP contribution in [0.3, 0.4) is 0 Å². The van der Waals surface area contributed by atoms with Gasteiger partial charge in [0, 0.05) is 32.7 Å². The van der Waals surface area contributed by atoms with Gasteiger partial charge in [-0.2, -0.15) is 35.5 Å². The molecule has 0 spiro atoms. The smallest absolute Gasteiger partial charge is 0.366 e. The van der Waals surface area contributed by atoms with Crippen molar-refractivity contribution in [3.63, 3.8) is 0 Å². The van der Waals surface area contributed by atoms with Crippen LogP contribution in [-0.4, -0.2) is 85.2 Å². The lowest BCUT2D eigenvalue weighted by molar-refractivity contribution is -0.151. The number of morpholine rings is 1. The molecule has 0 saturated carbocycles. The fraction of sp³-hybridized carbons (Fsp3) is 0.591. The van der Waals surface area contributed by atoms with Crippen molar-refractivity contribution < 1.29 is 35.9 Å². The first-order chi connectivity index (χ1) is 17.0. The van der Waals surface area contributed by atoms with Gasteiger partial charge in [-0.15, -0.1) is 0 Å². The average Bonchev–Trinajstić information content (AvgIpc) is 3.31. The molecule has 10 nitrogen and oxygen atoms in total. The van der Waals surface area contributed by atoms with Crippen molar-refractivity contribution in [1.82, 2.24) is 18.8 Å². The number of nitriles is 1. The van der Waals surface area contributed by atoms with Gasteiger partial charge in [-0.05, 0) is 30.5 Å². The van der Waals surface area contributed by atoms with Crippen LogP contribution in [0.2, 0.25) is 0 Å². The van der Waals surface area contributed by atoms with E-state index < -0.39 is 45.9 Å². The highest BCUT2D eigenvalue weighted by molar-refractivity contribution is 7.86. The molecule has 0 bridgehead atoms. The SMILES string of the molecule is N#CC1CN(S(=O)(=O)N2CCO[C@H](C(=O)N3CCC[C@@H]3C(=O)NCc3ccc(C(F)(F)F)cc3)C2)C1. The van der Waals surface area contributed by atoms with E-state index in [4.69, 9.17) is 10.00 Å². The number of hydrogen-bond acceptors (Lipinski definition) is 6. The lowest BCUT2D eigenvalue weighted by Gasteiger charge is -2.40. The molecule has 3 aliphatic heterocycles. The third kappa shape index (κ3) is 5.49. The van der Waals surface area contributed by atoms with Crippen LogP contribution in [0.5, 0.6) is 0 Å². The first kappa shape index (κ1) is 26.3. The van der Waals surface area contributed by atoms with Gasteiger partial charge in [0.25, 0.3) is 16.1 Å². The maximum atomic E-state index is 13.2. The summed E-state index contributed by atoms with van der Waals surface area (Å²) in [4.78, 5) is 27.4. The standard InChI is InChI=1S/C22H26F3N5O5S/c23-22(24,25)17-5-3-15(4-6-17)11-27-20(31)18-2-1-7-30(18)21(32)19-14-28(8-9-35-19)36(33,34)29-12-16(10-26)13-29/h3-6,16,18-19H,1-2,7-9,11-14H2,(H,27,31)/t18-,19+/m1/s1. The summed E-state index contributed by atoms with van der Waals surface area (Å²) < 4.78 is 71.7. The van der Waals surface area contributed by atoms with Crippen molar-refractivity contribution in [3.8, 4) is 6.07 Å². The topological polar surface area (TPSA) is 123 Å². The van der Waals surface area contributed by atoms with Gasteiger partial charge in [0.15, 0.2) is 0 Å². The molecule has 14 heteroatoms. The molecule has 1 N–H and O–H groups in total. The Balaban J connectivity index is 1.34. The zero-order chi connectivity index (χ0) is 26.1. The summed E-state index contributed by atoms with van der Waals surface area (Å²) in [6, 6.07) is 5.68. The molecule has 4 rings (SSSR count). The number of alkyl halides is 3. The third-order valence-electron chi connectivity index (χ3n) is 6.57. The quantitative estimate of drug-likeness (QED) is 0.579. The molecule has 1 aromatic carbocycles. The van der Waals surface area contributed by atoms with Crippen LogP contribution in [0.25, 0.3) is 0 Å². The van der Waals surface area contributed by atoms with Gasteiger partial charge in [0.05, 0.1) is 30.7 Å². The predicted octanol–water partition coefficient (Wildman–Crippen LogP) is 0.714. The Kier molecular flexibility index (Phi) is 7.56. The van der Waals surface area contributed by atoms with E-state index in [0.717, 1.165) is 12.1 Å². The lowest BCUT2D eigenvalue weighted by Crippen LogP contribution is -2.60. The summed E-state index contributed by atoms with van der Waals surface area (Å²) in [6.07, 6.45) is -4.54. The van der Waals surface area contributed by atoms with Crippen molar-refractivity contribution in [2.24, 2.45) is 5.92 Å². The Morgan fingerprint density at radius 3 is 2.44 bits per heavy atom. The van der Waals surface area contributed by atoms with E-state index in [1.165, 1.54) is 25.6 Å². The monoisotopic (exact) mass is 529 g/mol. The summed E-state index contributed by atoms with van der Waals surface area (Å²) in [6.45, 7) is 0.441. The number of nitrogens with zero attached hydrogens (tertiary/aromatic N) is 4. The van der Waals surface area contributed by atoms with E-state index in [2.05, 4.69) is 5.32 Å². The molecular formula is C22H26F3N5O5S. The minimum Gasteiger partial charge on any atom is -0.366 e.